The Balaban J connectivity index is 4.33. The van der Waals surface area contributed by atoms with Crippen LogP contribution < -0.4 is 5.73 Å². The highest BCUT2D eigenvalue weighted by atomic mass is 31.2. The molecule has 0 rings (SSSR count). The van der Waals surface area contributed by atoms with Gasteiger partial charge in [0.25, 0.3) is 0 Å². The Labute approximate surface area is 321 Å². The molecule has 0 aromatic rings. The van der Waals surface area contributed by atoms with Crippen LogP contribution in [0.15, 0.2) is 36.5 Å². The number of allylic oxidation sites excluding steroid dienone is 5. The molecule has 53 heavy (non-hydrogen) atoms. The molecule has 0 bridgehead atoms. The van der Waals surface area contributed by atoms with Crippen molar-refractivity contribution < 1.29 is 47.8 Å². The Morgan fingerprint density at radius 3 is 1.77 bits per heavy atom. The van der Waals surface area contributed by atoms with Crippen molar-refractivity contribution >= 4 is 19.8 Å². The van der Waals surface area contributed by atoms with Gasteiger partial charge >= 0.3 is 19.8 Å². The number of ether oxygens (including phenoxy) is 2. The highest BCUT2D eigenvalue weighted by Crippen LogP contribution is 2.43. The van der Waals surface area contributed by atoms with Crippen LogP contribution in [0.4, 0.5) is 0 Å². The lowest BCUT2D eigenvalue weighted by atomic mass is 10.0. The van der Waals surface area contributed by atoms with Gasteiger partial charge in [0.2, 0.25) is 0 Å². The maximum atomic E-state index is 12.6. The summed E-state index contributed by atoms with van der Waals surface area (Å²) in [5.41, 5.74) is 5.33. The molecule has 4 atom stereocenters. The van der Waals surface area contributed by atoms with Crippen molar-refractivity contribution in [3.63, 3.8) is 0 Å². The second kappa shape index (κ2) is 37.1. The number of hydrogen-bond donors (Lipinski definition) is 4. The molecule has 0 aliphatic rings. The van der Waals surface area contributed by atoms with Gasteiger partial charge in [-0.2, -0.15) is 0 Å². The Morgan fingerprint density at radius 1 is 0.642 bits per heavy atom. The number of rotatable bonds is 38. The van der Waals surface area contributed by atoms with Crippen LogP contribution in [-0.2, 0) is 32.7 Å². The highest BCUT2D eigenvalue weighted by Gasteiger charge is 2.26. The van der Waals surface area contributed by atoms with Crippen LogP contribution in [0.3, 0.4) is 0 Å². The van der Waals surface area contributed by atoms with Gasteiger partial charge in [0.05, 0.1) is 25.4 Å². The maximum Gasteiger partial charge on any atom is 0.472 e. The molecule has 0 aliphatic carbocycles. The second-order valence-electron chi connectivity index (χ2n) is 13.8. The highest BCUT2D eigenvalue weighted by molar-refractivity contribution is 7.47. The zero-order valence-corrected chi connectivity index (χ0v) is 34.1. The van der Waals surface area contributed by atoms with Crippen molar-refractivity contribution in [1.82, 2.24) is 0 Å². The molecule has 12 heteroatoms. The van der Waals surface area contributed by atoms with Crippen molar-refractivity contribution in [1.29, 1.82) is 0 Å². The minimum atomic E-state index is -4.41. The molecule has 0 aromatic carbocycles. The van der Waals surface area contributed by atoms with E-state index in [4.69, 9.17) is 24.3 Å². The number of phosphoric acid groups is 1. The van der Waals surface area contributed by atoms with Crippen molar-refractivity contribution in [3.05, 3.63) is 36.5 Å². The fourth-order valence-electron chi connectivity index (χ4n) is 5.45. The molecule has 0 saturated carbocycles. The van der Waals surface area contributed by atoms with Gasteiger partial charge in [-0.05, 0) is 70.6 Å². The summed E-state index contributed by atoms with van der Waals surface area (Å²) < 4.78 is 32.6. The molecule has 0 fully saturated rings. The summed E-state index contributed by atoms with van der Waals surface area (Å²) in [6.45, 7) is 3.44. The Morgan fingerprint density at radius 2 is 1.17 bits per heavy atom. The minimum absolute atomic E-state index is 0.0275. The zero-order valence-electron chi connectivity index (χ0n) is 33.2. The number of phosphoric ester groups is 1. The first-order valence-corrected chi connectivity index (χ1v) is 22.1. The quantitative estimate of drug-likeness (QED) is 0.0204. The van der Waals surface area contributed by atoms with Gasteiger partial charge < -0.3 is 30.3 Å². The summed E-state index contributed by atoms with van der Waals surface area (Å²) in [4.78, 5) is 34.8. The third kappa shape index (κ3) is 35.6. The SMILES string of the molecule is CCCCC/C=C\C/C=C\CCCCCCCC(=O)O[C@H](COC(=O)CCCCCCC[C@@H](O)[C@H](O)C/C=C\CCCCC)COP(=O)(O)OCCN. The summed E-state index contributed by atoms with van der Waals surface area (Å²) in [6, 6.07) is 0. The first kappa shape index (κ1) is 51.1. The lowest BCUT2D eigenvalue weighted by Crippen LogP contribution is -2.29. The molecule has 0 spiro atoms. The van der Waals surface area contributed by atoms with Gasteiger partial charge in [-0.15, -0.1) is 0 Å². The number of carbonyl (C=O) groups excluding carboxylic acids is 2. The third-order valence-electron chi connectivity index (χ3n) is 8.70. The summed E-state index contributed by atoms with van der Waals surface area (Å²) in [5.74, 6) is -0.958. The summed E-state index contributed by atoms with van der Waals surface area (Å²) in [5, 5.41) is 20.4. The first-order chi connectivity index (χ1) is 25.6. The molecule has 11 nitrogen and oxygen atoms in total. The normalized spacial score (nSPS) is 14.9. The topological polar surface area (TPSA) is 175 Å². The van der Waals surface area contributed by atoms with E-state index in [1.807, 2.05) is 6.08 Å². The molecule has 310 valence electrons. The standard InChI is InChI=1S/C41H76NO10P/c1-3-5-7-9-11-12-13-14-15-16-17-18-19-23-28-32-41(46)52-37(36-51-53(47,48)50-34-33-42)35-49-40(45)31-27-24-20-22-26-30-39(44)38(43)29-25-21-10-8-6-4-2/h11-12,14-15,21,25,37-39,43-44H,3-10,13,16-20,22-24,26-36,42H2,1-2H3,(H,47,48)/b12-11-,15-14-,25-21-/t37-,38-,39-/m1/s1. The van der Waals surface area contributed by atoms with Gasteiger partial charge in [0.15, 0.2) is 6.10 Å². The second-order valence-corrected chi connectivity index (χ2v) is 15.3. The average molecular weight is 774 g/mol. The fourth-order valence-corrected chi connectivity index (χ4v) is 6.22. The van der Waals surface area contributed by atoms with Gasteiger partial charge in [-0.1, -0.05) is 121 Å². The van der Waals surface area contributed by atoms with E-state index in [9.17, 15) is 29.3 Å². The van der Waals surface area contributed by atoms with E-state index in [2.05, 4.69) is 44.2 Å². The van der Waals surface area contributed by atoms with Crippen LogP contribution in [-0.4, -0.2) is 71.7 Å². The van der Waals surface area contributed by atoms with E-state index >= 15 is 0 Å². The number of aliphatic hydroxyl groups excluding tert-OH is 2. The molecular formula is C41H76NO10P. The van der Waals surface area contributed by atoms with Crippen molar-refractivity contribution in [2.24, 2.45) is 5.73 Å². The van der Waals surface area contributed by atoms with Crippen molar-refractivity contribution in [2.75, 3.05) is 26.4 Å². The number of carbonyl (C=O) groups is 2. The van der Waals surface area contributed by atoms with Crippen molar-refractivity contribution in [3.8, 4) is 0 Å². The summed E-state index contributed by atoms with van der Waals surface area (Å²) >= 11 is 0. The Bertz CT molecular complexity index is 1010. The average Bonchev–Trinajstić information content (AvgIpc) is 3.14. The molecular weight excluding hydrogens is 697 g/mol. The van der Waals surface area contributed by atoms with Gasteiger partial charge in [-0.3, -0.25) is 18.6 Å². The monoisotopic (exact) mass is 774 g/mol. The van der Waals surface area contributed by atoms with Crippen molar-refractivity contribution in [2.45, 2.75) is 186 Å². The van der Waals surface area contributed by atoms with Crippen LogP contribution in [0.5, 0.6) is 0 Å². The van der Waals surface area contributed by atoms with E-state index in [-0.39, 0.29) is 32.6 Å². The van der Waals surface area contributed by atoms with Gasteiger partial charge in [0, 0.05) is 19.4 Å². The maximum absolute atomic E-state index is 12.6. The van der Waals surface area contributed by atoms with E-state index in [0.717, 1.165) is 83.5 Å². The van der Waals surface area contributed by atoms with Gasteiger partial charge in [0.1, 0.15) is 6.61 Å². The van der Waals surface area contributed by atoms with Crippen LogP contribution in [0.1, 0.15) is 168 Å². The van der Waals surface area contributed by atoms with Gasteiger partial charge in [-0.25, -0.2) is 4.57 Å². The summed E-state index contributed by atoms with van der Waals surface area (Å²) in [6.07, 6.45) is 31.9. The fraction of sp³-hybridized carbons (Fsp3) is 0.805. The van der Waals surface area contributed by atoms with Crippen LogP contribution in [0, 0.1) is 0 Å². The van der Waals surface area contributed by atoms with Crippen LogP contribution in [0.25, 0.3) is 0 Å². The lowest BCUT2D eigenvalue weighted by Gasteiger charge is -2.20. The number of esters is 2. The van der Waals surface area contributed by atoms with E-state index < -0.39 is 44.7 Å². The van der Waals surface area contributed by atoms with E-state index in [1.54, 1.807) is 0 Å². The smallest absolute Gasteiger partial charge is 0.462 e. The molecule has 0 saturated heterocycles. The lowest BCUT2D eigenvalue weighted by molar-refractivity contribution is -0.161. The molecule has 0 aliphatic heterocycles. The molecule has 0 radical (unpaired) electrons. The number of nitrogens with two attached hydrogens (primary N) is 1. The minimum Gasteiger partial charge on any atom is -0.462 e. The molecule has 0 amide bonds. The molecule has 0 heterocycles. The zero-order chi connectivity index (χ0) is 39.3. The molecule has 0 aromatic heterocycles. The molecule has 1 unspecified atom stereocenters. The number of hydrogen-bond acceptors (Lipinski definition) is 10. The number of unbranched alkanes of at least 4 members (excludes halogenated alkanes) is 15. The predicted molar refractivity (Wildman–Crippen MR) is 213 cm³/mol. The largest absolute Gasteiger partial charge is 0.472 e. The number of aliphatic hydroxyl groups is 2. The van der Waals surface area contributed by atoms with Crippen LogP contribution >= 0.6 is 7.82 Å². The summed E-state index contributed by atoms with van der Waals surface area (Å²) in [7, 11) is -4.41. The molecule has 5 N–H and O–H groups in total. The van der Waals surface area contributed by atoms with E-state index in [1.165, 1.54) is 32.1 Å². The Kier molecular flexibility index (Phi) is 35.8. The first-order valence-electron chi connectivity index (χ1n) is 20.6. The van der Waals surface area contributed by atoms with Crippen LogP contribution in [0.2, 0.25) is 0 Å². The Hall–Kier alpha value is -1.85. The third-order valence-corrected chi connectivity index (χ3v) is 9.68. The van der Waals surface area contributed by atoms with E-state index in [0.29, 0.717) is 25.7 Å². The predicted octanol–water partition coefficient (Wildman–Crippen LogP) is 9.33.